The molecule has 1 atom stereocenters. The fourth-order valence-electron chi connectivity index (χ4n) is 2.84. The Morgan fingerprint density at radius 2 is 2.00 bits per heavy atom. The highest BCUT2D eigenvalue weighted by Gasteiger charge is 2.33. The maximum absolute atomic E-state index is 12.9. The third kappa shape index (κ3) is 4.45. The first-order valence-corrected chi connectivity index (χ1v) is 9.29. The lowest BCUT2D eigenvalue weighted by Gasteiger charge is -2.34. The smallest absolute Gasteiger partial charge is 0.406 e. The summed E-state index contributed by atoms with van der Waals surface area (Å²) in [5.74, 6) is 0. The zero-order chi connectivity index (χ0) is 16.9. The van der Waals surface area contributed by atoms with Crippen LogP contribution in [0.4, 0.5) is 4.79 Å². The van der Waals surface area contributed by atoms with E-state index in [1.165, 1.54) is 7.11 Å². The van der Waals surface area contributed by atoms with E-state index in [2.05, 4.69) is 10.1 Å². The van der Waals surface area contributed by atoms with Gasteiger partial charge in [-0.1, -0.05) is 24.1 Å². The Morgan fingerprint density at radius 1 is 1.30 bits per heavy atom. The molecule has 1 aromatic carbocycles. The van der Waals surface area contributed by atoms with Gasteiger partial charge in [0.1, 0.15) is 0 Å². The summed E-state index contributed by atoms with van der Waals surface area (Å²) in [5.41, 5.74) is 1.03. The third-order valence-electron chi connectivity index (χ3n) is 4.13. The third-order valence-corrected chi connectivity index (χ3v) is 6.10. The summed E-state index contributed by atoms with van der Waals surface area (Å²) in [6.45, 7) is 2.86. The summed E-state index contributed by atoms with van der Waals surface area (Å²) in [5, 5.41) is 2.62. The van der Waals surface area contributed by atoms with Crippen LogP contribution in [0.3, 0.4) is 0 Å². The number of piperidine rings is 1. The van der Waals surface area contributed by atoms with Gasteiger partial charge in [-0.15, -0.1) is 0 Å². The molecular weight excluding hydrogens is 316 g/mol. The van der Waals surface area contributed by atoms with Crippen molar-refractivity contribution in [1.29, 1.82) is 0 Å². The van der Waals surface area contributed by atoms with Crippen molar-refractivity contribution in [3.63, 3.8) is 0 Å². The van der Waals surface area contributed by atoms with Gasteiger partial charge >= 0.3 is 6.09 Å². The molecule has 1 aromatic rings. The van der Waals surface area contributed by atoms with E-state index >= 15 is 0 Å². The molecule has 1 heterocycles. The number of aryl methyl sites for hydroxylation is 1. The molecule has 1 aliphatic rings. The number of benzene rings is 1. The molecule has 0 bridgehead atoms. The van der Waals surface area contributed by atoms with E-state index < -0.39 is 16.1 Å². The van der Waals surface area contributed by atoms with Crippen molar-refractivity contribution in [1.82, 2.24) is 9.62 Å². The van der Waals surface area contributed by atoms with E-state index in [1.807, 2.05) is 19.1 Å². The van der Waals surface area contributed by atoms with E-state index in [9.17, 15) is 13.2 Å². The van der Waals surface area contributed by atoms with Crippen LogP contribution < -0.4 is 5.32 Å². The molecule has 1 N–H and O–H groups in total. The van der Waals surface area contributed by atoms with Crippen LogP contribution in [0.5, 0.6) is 0 Å². The monoisotopic (exact) mass is 340 g/mol. The van der Waals surface area contributed by atoms with Gasteiger partial charge in [0.15, 0.2) is 0 Å². The molecule has 0 radical (unpaired) electrons. The maximum Gasteiger partial charge on any atom is 0.406 e. The molecule has 7 heteroatoms. The van der Waals surface area contributed by atoms with Crippen molar-refractivity contribution in [3.05, 3.63) is 29.8 Å². The predicted octanol–water partition coefficient (Wildman–Crippen LogP) is 2.28. The van der Waals surface area contributed by atoms with Gasteiger partial charge in [0.25, 0.3) is 0 Å². The van der Waals surface area contributed by atoms with Crippen LogP contribution >= 0.6 is 0 Å². The van der Waals surface area contributed by atoms with Gasteiger partial charge in [-0.2, -0.15) is 4.31 Å². The van der Waals surface area contributed by atoms with Crippen LogP contribution in [0, 0.1) is 6.92 Å². The number of carbonyl (C=O) groups excluding carboxylic acids is 1. The molecule has 0 aliphatic carbocycles. The number of alkyl carbamates (subject to hydrolysis) is 1. The van der Waals surface area contributed by atoms with E-state index in [0.29, 0.717) is 24.4 Å². The molecule has 1 saturated heterocycles. The van der Waals surface area contributed by atoms with Gasteiger partial charge in [-0.25, -0.2) is 13.2 Å². The Morgan fingerprint density at radius 3 is 2.65 bits per heavy atom. The molecule has 23 heavy (non-hydrogen) atoms. The van der Waals surface area contributed by atoms with E-state index in [1.54, 1.807) is 16.4 Å². The van der Waals surface area contributed by atoms with Gasteiger partial charge in [0.2, 0.25) is 10.0 Å². The Balaban J connectivity index is 2.10. The first-order chi connectivity index (χ1) is 10.9. The minimum atomic E-state index is -3.49. The highest BCUT2D eigenvalue weighted by Crippen LogP contribution is 2.27. The van der Waals surface area contributed by atoms with Gasteiger partial charge < -0.3 is 10.1 Å². The normalized spacial score (nSPS) is 19.3. The van der Waals surface area contributed by atoms with Crippen LogP contribution in [0.25, 0.3) is 0 Å². The SMILES string of the molecule is COC(=O)NCCC1CCCCN1S(=O)(=O)c1ccc(C)cc1. The van der Waals surface area contributed by atoms with Gasteiger partial charge in [0, 0.05) is 19.1 Å². The molecule has 6 nitrogen and oxygen atoms in total. The van der Waals surface area contributed by atoms with Crippen molar-refractivity contribution in [2.75, 3.05) is 20.2 Å². The minimum absolute atomic E-state index is 0.0905. The summed E-state index contributed by atoms with van der Waals surface area (Å²) in [6.07, 6.45) is 2.77. The molecule has 1 amide bonds. The number of nitrogens with zero attached hydrogens (tertiary/aromatic N) is 1. The standard InChI is InChI=1S/C16H24N2O4S/c1-13-6-8-15(9-7-13)23(20,21)18-12-4-3-5-14(18)10-11-17-16(19)22-2/h6-9,14H,3-5,10-12H2,1-2H3,(H,17,19). The number of ether oxygens (including phenoxy) is 1. The lowest BCUT2D eigenvalue weighted by atomic mass is 10.0. The second kappa shape index (κ2) is 7.79. The van der Waals surface area contributed by atoms with Gasteiger partial charge in [-0.05, 0) is 38.3 Å². The summed E-state index contributed by atoms with van der Waals surface area (Å²) >= 11 is 0. The second-order valence-electron chi connectivity index (χ2n) is 5.79. The molecule has 0 spiro atoms. The van der Waals surface area contributed by atoms with Crippen LogP contribution in [0.2, 0.25) is 0 Å². The van der Waals surface area contributed by atoms with Crippen molar-refractivity contribution in [3.8, 4) is 0 Å². The number of carbonyl (C=O) groups is 1. The number of methoxy groups -OCH3 is 1. The predicted molar refractivity (Wildman–Crippen MR) is 87.7 cm³/mol. The number of rotatable bonds is 5. The zero-order valence-corrected chi connectivity index (χ0v) is 14.4. The molecular formula is C16H24N2O4S. The summed E-state index contributed by atoms with van der Waals surface area (Å²) in [7, 11) is -2.19. The van der Waals surface area contributed by atoms with Crippen molar-refractivity contribution >= 4 is 16.1 Å². The molecule has 1 aliphatic heterocycles. The highest BCUT2D eigenvalue weighted by atomic mass is 32.2. The number of sulfonamides is 1. The molecule has 1 unspecified atom stereocenters. The molecule has 0 saturated carbocycles. The fourth-order valence-corrected chi connectivity index (χ4v) is 4.56. The van der Waals surface area contributed by atoms with Gasteiger partial charge in [0.05, 0.1) is 12.0 Å². The number of hydrogen-bond donors (Lipinski definition) is 1. The van der Waals surface area contributed by atoms with Crippen LogP contribution in [-0.2, 0) is 14.8 Å². The number of hydrogen-bond acceptors (Lipinski definition) is 4. The molecule has 1 fully saturated rings. The van der Waals surface area contributed by atoms with Crippen LogP contribution in [0.15, 0.2) is 29.2 Å². The Labute approximate surface area is 137 Å². The first kappa shape index (κ1) is 17.7. The van der Waals surface area contributed by atoms with Crippen molar-refractivity contribution < 1.29 is 17.9 Å². The average molecular weight is 340 g/mol. The number of nitrogens with one attached hydrogen (secondary N) is 1. The topological polar surface area (TPSA) is 75.7 Å². The van der Waals surface area contributed by atoms with Crippen LogP contribution in [-0.4, -0.2) is 45.1 Å². The average Bonchev–Trinajstić information content (AvgIpc) is 2.55. The van der Waals surface area contributed by atoms with Crippen molar-refractivity contribution in [2.24, 2.45) is 0 Å². The van der Waals surface area contributed by atoms with E-state index in [-0.39, 0.29) is 6.04 Å². The lowest BCUT2D eigenvalue weighted by molar-refractivity contribution is 0.168. The summed E-state index contributed by atoms with van der Waals surface area (Å²) in [6, 6.07) is 6.84. The van der Waals surface area contributed by atoms with Gasteiger partial charge in [-0.3, -0.25) is 0 Å². The Kier molecular flexibility index (Phi) is 6.01. The molecule has 0 aromatic heterocycles. The fraction of sp³-hybridized carbons (Fsp3) is 0.562. The largest absolute Gasteiger partial charge is 0.453 e. The van der Waals surface area contributed by atoms with Crippen molar-refractivity contribution in [2.45, 2.75) is 43.5 Å². The number of amides is 1. The summed E-state index contributed by atoms with van der Waals surface area (Å²) in [4.78, 5) is 11.4. The minimum Gasteiger partial charge on any atom is -0.453 e. The summed E-state index contributed by atoms with van der Waals surface area (Å²) < 4.78 is 31.9. The zero-order valence-electron chi connectivity index (χ0n) is 13.6. The second-order valence-corrected chi connectivity index (χ2v) is 7.68. The first-order valence-electron chi connectivity index (χ1n) is 7.85. The molecule has 128 valence electrons. The van der Waals surface area contributed by atoms with E-state index in [0.717, 1.165) is 24.8 Å². The Bertz CT molecular complexity index is 628. The molecule has 2 rings (SSSR count). The van der Waals surface area contributed by atoms with Crippen LogP contribution in [0.1, 0.15) is 31.2 Å². The highest BCUT2D eigenvalue weighted by molar-refractivity contribution is 7.89. The maximum atomic E-state index is 12.9. The lowest BCUT2D eigenvalue weighted by Crippen LogP contribution is -2.45. The Hall–Kier alpha value is -1.60. The quantitative estimate of drug-likeness (QED) is 0.892. The van der Waals surface area contributed by atoms with E-state index in [4.69, 9.17) is 0 Å².